The van der Waals surface area contributed by atoms with Crippen LogP contribution in [0.15, 0.2) is 11.3 Å². The molecule has 3 aliphatic rings. The fourth-order valence-electron chi connectivity index (χ4n) is 3.82. The van der Waals surface area contributed by atoms with Crippen LogP contribution in [0.25, 0.3) is 0 Å². The Balaban J connectivity index is 1.79. The highest BCUT2D eigenvalue weighted by Gasteiger charge is 2.40. The molecule has 5 nitrogen and oxygen atoms in total. The number of allylic oxidation sites excluding steroid dienone is 1. The van der Waals surface area contributed by atoms with Gasteiger partial charge in [0.2, 0.25) is 0 Å². The highest BCUT2D eigenvalue weighted by atomic mass is 16.5. The summed E-state index contributed by atoms with van der Waals surface area (Å²) in [6, 6.07) is 0.00553. The third-order valence-electron chi connectivity index (χ3n) is 5.02. The predicted molar refractivity (Wildman–Crippen MR) is 77.6 cm³/mol. The SMILES string of the molecule is CC1=C(C(=O)N2CCOC[C@@H]2[C@H]2CCC[C@H]2O)CCCO1. The van der Waals surface area contributed by atoms with Crippen LogP contribution in [0.1, 0.15) is 39.0 Å². The summed E-state index contributed by atoms with van der Waals surface area (Å²) in [4.78, 5) is 14.8. The number of carbonyl (C=O) groups excluding carboxylic acids is 1. The van der Waals surface area contributed by atoms with Crippen LogP contribution in [0.2, 0.25) is 0 Å². The van der Waals surface area contributed by atoms with Gasteiger partial charge in [-0.25, -0.2) is 0 Å². The molecule has 2 heterocycles. The molecule has 21 heavy (non-hydrogen) atoms. The molecule has 3 rings (SSSR count). The number of morpholine rings is 1. The van der Waals surface area contributed by atoms with Gasteiger partial charge in [0.25, 0.3) is 5.91 Å². The summed E-state index contributed by atoms with van der Waals surface area (Å²) in [6.45, 7) is 4.32. The van der Waals surface area contributed by atoms with Crippen molar-refractivity contribution in [3.05, 3.63) is 11.3 Å². The van der Waals surface area contributed by atoms with Crippen molar-refractivity contribution in [3.63, 3.8) is 0 Å². The lowest BCUT2D eigenvalue weighted by molar-refractivity contribution is -0.140. The molecule has 1 saturated heterocycles. The number of amides is 1. The van der Waals surface area contributed by atoms with Crippen molar-refractivity contribution in [1.29, 1.82) is 0 Å². The van der Waals surface area contributed by atoms with Gasteiger partial charge in [0.15, 0.2) is 0 Å². The fourth-order valence-corrected chi connectivity index (χ4v) is 3.82. The first-order chi connectivity index (χ1) is 10.2. The molecule has 0 radical (unpaired) electrons. The van der Waals surface area contributed by atoms with Gasteiger partial charge in [-0.05, 0) is 32.6 Å². The summed E-state index contributed by atoms with van der Waals surface area (Å²) in [5.74, 6) is 1.00. The second kappa shape index (κ2) is 6.36. The Morgan fingerprint density at radius 3 is 2.86 bits per heavy atom. The van der Waals surface area contributed by atoms with Crippen molar-refractivity contribution in [1.82, 2.24) is 4.90 Å². The monoisotopic (exact) mass is 295 g/mol. The third-order valence-corrected chi connectivity index (χ3v) is 5.02. The molecule has 0 spiro atoms. The molecular weight excluding hydrogens is 270 g/mol. The van der Waals surface area contributed by atoms with Gasteiger partial charge >= 0.3 is 0 Å². The van der Waals surface area contributed by atoms with E-state index in [4.69, 9.17) is 9.47 Å². The maximum absolute atomic E-state index is 12.9. The molecule has 0 aromatic carbocycles. The Morgan fingerprint density at radius 2 is 2.14 bits per heavy atom. The summed E-state index contributed by atoms with van der Waals surface area (Å²) in [5, 5.41) is 10.2. The number of aliphatic hydroxyl groups is 1. The third kappa shape index (κ3) is 2.94. The molecule has 1 amide bonds. The zero-order valence-electron chi connectivity index (χ0n) is 12.7. The standard InChI is InChI=1S/C16H25NO4/c1-11-12(5-3-8-21-11)16(19)17-7-9-20-10-14(17)13-4-2-6-15(13)18/h13-15,18H,2-10H2,1H3/t13-,14-,15-/m1/s1. The average molecular weight is 295 g/mol. The van der Waals surface area contributed by atoms with Crippen LogP contribution in [-0.2, 0) is 14.3 Å². The van der Waals surface area contributed by atoms with Crippen molar-refractivity contribution in [2.75, 3.05) is 26.4 Å². The van der Waals surface area contributed by atoms with E-state index in [0.29, 0.717) is 26.4 Å². The first-order valence-corrected chi connectivity index (χ1v) is 8.08. The Morgan fingerprint density at radius 1 is 1.29 bits per heavy atom. The number of rotatable bonds is 2. The van der Waals surface area contributed by atoms with Crippen molar-refractivity contribution < 1.29 is 19.4 Å². The van der Waals surface area contributed by atoms with Gasteiger partial charge in [-0.2, -0.15) is 0 Å². The number of ether oxygens (including phenoxy) is 2. The Kier molecular flexibility index (Phi) is 4.50. The molecule has 2 fully saturated rings. The molecule has 1 aliphatic carbocycles. The summed E-state index contributed by atoms with van der Waals surface area (Å²) >= 11 is 0. The maximum atomic E-state index is 12.9. The van der Waals surface area contributed by atoms with E-state index < -0.39 is 0 Å². The van der Waals surface area contributed by atoms with E-state index in [1.165, 1.54) is 0 Å². The fraction of sp³-hybridized carbons (Fsp3) is 0.812. The van der Waals surface area contributed by atoms with Gasteiger partial charge in [-0.3, -0.25) is 4.79 Å². The van der Waals surface area contributed by atoms with Crippen molar-refractivity contribution in [2.24, 2.45) is 5.92 Å². The zero-order valence-corrected chi connectivity index (χ0v) is 12.7. The minimum atomic E-state index is -0.301. The minimum Gasteiger partial charge on any atom is -0.498 e. The molecule has 118 valence electrons. The van der Waals surface area contributed by atoms with E-state index in [9.17, 15) is 9.90 Å². The molecule has 3 atom stereocenters. The van der Waals surface area contributed by atoms with E-state index in [1.807, 2.05) is 11.8 Å². The molecule has 0 aromatic heterocycles. The lowest BCUT2D eigenvalue weighted by Gasteiger charge is -2.41. The van der Waals surface area contributed by atoms with Crippen LogP contribution in [0.5, 0.6) is 0 Å². The summed E-state index contributed by atoms with van der Waals surface area (Å²) < 4.78 is 11.1. The highest BCUT2D eigenvalue weighted by Crippen LogP contribution is 2.33. The quantitative estimate of drug-likeness (QED) is 0.838. The molecule has 1 N–H and O–H groups in total. The molecule has 5 heteroatoms. The van der Waals surface area contributed by atoms with Gasteiger partial charge in [0.05, 0.1) is 37.5 Å². The smallest absolute Gasteiger partial charge is 0.253 e. The van der Waals surface area contributed by atoms with Crippen LogP contribution in [0.4, 0.5) is 0 Å². The largest absolute Gasteiger partial charge is 0.498 e. The van der Waals surface area contributed by atoms with E-state index in [1.54, 1.807) is 0 Å². The predicted octanol–water partition coefficient (Wildman–Crippen LogP) is 1.46. The van der Waals surface area contributed by atoms with E-state index in [2.05, 4.69) is 0 Å². The van der Waals surface area contributed by atoms with Gasteiger partial charge in [0.1, 0.15) is 5.76 Å². The van der Waals surface area contributed by atoms with Gasteiger partial charge in [-0.1, -0.05) is 6.42 Å². The molecule has 2 aliphatic heterocycles. The number of nitrogens with zero attached hydrogens (tertiary/aromatic N) is 1. The molecular formula is C16H25NO4. The number of hydrogen-bond donors (Lipinski definition) is 1. The number of carbonyl (C=O) groups is 1. The summed E-state index contributed by atoms with van der Waals surface area (Å²) in [7, 11) is 0. The van der Waals surface area contributed by atoms with E-state index in [0.717, 1.165) is 43.4 Å². The molecule has 0 unspecified atom stereocenters. The van der Waals surface area contributed by atoms with Crippen molar-refractivity contribution >= 4 is 5.91 Å². The average Bonchev–Trinajstić information content (AvgIpc) is 2.93. The Labute approximate surface area is 125 Å². The first kappa shape index (κ1) is 14.9. The van der Waals surface area contributed by atoms with Crippen LogP contribution in [0, 0.1) is 5.92 Å². The lowest BCUT2D eigenvalue weighted by atomic mass is 9.93. The van der Waals surface area contributed by atoms with E-state index in [-0.39, 0.29) is 24.0 Å². The minimum absolute atomic E-state index is 0.00553. The number of hydrogen-bond acceptors (Lipinski definition) is 4. The summed E-state index contributed by atoms with van der Waals surface area (Å²) in [5.41, 5.74) is 0.806. The second-order valence-corrected chi connectivity index (χ2v) is 6.29. The summed E-state index contributed by atoms with van der Waals surface area (Å²) in [6.07, 6.45) is 4.25. The van der Waals surface area contributed by atoms with Crippen LogP contribution >= 0.6 is 0 Å². The zero-order chi connectivity index (χ0) is 14.8. The Hall–Kier alpha value is -1.07. The Bertz CT molecular complexity index is 434. The molecule has 0 bridgehead atoms. The van der Waals surface area contributed by atoms with Crippen LogP contribution in [0.3, 0.4) is 0 Å². The molecule has 0 aromatic rings. The van der Waals surface area contributed by atoms with Crippen LogP contribution < -0.4 is 0 Å². The van der Waals surface area contributed by atoms with Gasteiger partial charge in [0, 0.05) is 12.5 Å². The van der Waals surface area contributed by atoms with Gasteiger partial charge < -0.3 is 19.5 Å². The molecule has 1 saturated carbocycles. The topological polar surface area (TPSA) is 59.0 Å². The lowest BCUT2D eigenvalue weighted by Crippen LogP contribution is -2.54. The van der Waals surface area contributed by atoms with Gasteiger partial charge in [-0.15, -0.1) is 0 Å². The maximum Gasteiger partial charge on any atom is 0.253 e. The van der Waals surface area contributed by atoms with Crippen molar-refractivity contribution in [2.45, 2.75) is 51.2 Å². The number of aliphatic hydroxyl groups excluding tert-OH is 1. The normalized spacial score (nSPS) is 34.0. The highest BCUT2D eigenvalue weighted by molar-refractivity contribution is 5.94. The van der Waals surface area contributed by atoms with Crippen molar-refractivity contribution in [3.8, 4) is 0 Å². The van der Waals surface area contributed by atoms with E-state index >= 15 is 0 Å². The second-order valence-electron chi connectivity index (χ2n) is 6.29. The first-order valence-electron chi connectivity index (χ1n) is 8.08. The van der Waals surface area contributed by atoms with Crippen LogP contribution in [-0.4, -0.2) is 54.4 Å².